The third-order valence-corrected chi connectivity index (χ3v) is 3.59. The molecular weight excluding hydrogens is 134 g/mol. The first kappa shape index (κ1) is 7.60. The standard InChI is InChI=1S/C10H19N/c11-10-7-8-3-1-2-4-9(10)6-5-8/h8-10H,1-7,11H2. The van der Waals surface area contributed by atoms with E-state index in [1.165, 1.54) is 44.9 Å². The topological polar surface area (TPSA) is 26.0 Å². The van der Waals surface area contributed by atoms with Crippen molar-refractivity contribution in [1.29, 1.82) is 0 Å². The molecule has 0 aromatic carbocycles. The first-order chi connectivity index (χ1) is 5.36. The molecule has 64 valence electrons. The Bertz CT molecular complexity index is 129. The van der Waals surface area contributed by atoms with Crippen LogP contribution < -0.4 is 5.73 Å². The first-order valence-electron chi connectivity index (χ1n) is 5.12. The molecule has 0 saturated heterocycles. The van der Waals surface area contributed by atoms with Gasteiger partial charge in [0.25, 0.3) is 0 Å². The number of hydrogen-bond donors (Lipinski definition) is 1. The fraction of sp³-hybridized carbons (Fsp3) is 1.00. The molecule has 3 atom stereocenters. The molecule has 0 spiro atoms. The molecule has 0 radical (unpaired) electrons. The Kier molecular flexibility index (Phi) is 2.17. The Morgan fingerprint density at radius 1 is 0.909 bits per heavy atom. The van der Waals surface area contributed by atoms with Crippen LogP contribution in [0, 0.1) is 11.8 Å². The van der Waals surface area contributed by atoms with Gasteiger partial charge in [0, 0.05) is 6.04 Å². The van der Waals surface area contributed by atoms with E-state index in [0.717, 1.165) is 11.8 Å². The van der Waals surface area contributed by atoms with Crippen LogP contribution in [0.15, 0.2) is 0 Å². The minimum absolute atomic E-state index is 0.550. The monoisotopic (exact) mass is 153 g/mol. The van der Waals surface area contributed by atoms with Gasteiger partial charge in [-0.15, -0.1) is 0 Å². The maximum atomic E-state index is 6.09. The highest BCUT2D eigenvalue weighted by Crippen LogP contribution is 2.36. The number of hydrogen-bond acceptors (Lipinski definition) is 1. The SMILES string of the molecule is NC1CC2CCCCC1CC2. The van der Waals surface area contributed by atoms with E-state index < -0.39 is 0 Å². The van der Waals surface area contributed by atoms with E-state index in [0.29, 0.717) is 6.04 Å². The Hall–Kier alpha value is -0.0400. The zero-order valence-electron chi connectivity index (χ0n) is 7.26. The van der Waals surface area contributed by atoms with Crippen molar-refractivity contribution < 1.29 is 0 Å². The third kappa shape index (κ3) is 1.58. The molecule has 2 bridgehead atoms. The van der Waals surface area contributed by atoms with Crippen molar-refractivity contribution in [2.45, 2.75) is 51.0 Å². The predicted octanol–water partition coefficient (Wildman–Crippen LogP) is 2.30. The molecule has 0 amide bonds. The van der Waals surface area contributed by atoms with Gasteiger partial charge < -0.3 is 5.73 Å². The first-order valence-corrected chi connectivity index (χ1v) is 5.12. The van der Waals surface area contributed by atoms with E-state index in [1.54, 1.807) is 0 Å². The maximum absolute atomic E-state index is 6.09. The molecule has 3 aliphatic carbocycles. The van der Waals surface area contributed by atoms with Gasteiger partial charge in [-0.2, -0.15) is 0 Å². The molecule has 1 nitrogen and oxygen atoms in total. The highest BCUT2D eigenvalue weighted by molar-refractivity contribution is 4.84. The summed E-state index contributed by atoms with van der Waals surface area (Å²) >= 11 is 0. The van der Waals surface area contributed by atoms with Crippen molar-refractivity contribution in [3.05, 3.63) is 0 Å². The second kappa shape index (κ2) is 3.14. The van der Waals surface area contributed by atoms with Gasteiger partial charge in [-0.3, -0.25) is 0 Å². The lowest BCUT2D eigenvalue weighted by Crippen LogP contribution is -2.37. The molecule has 0 heterocycles. The maximum Gasteiger partial charge on any atom is 0.00698 e. The van der Waals surface area contributed by atoms with Crippen LogP contribution in [0.1, 0.15) is 44.9 Å². The quantitative estimate of drug-likeness (QED) is 0.568. The van der Waals surface area contributed by atoms with E-state index in [9.17, 15) is 0 Å². The Balaban J connectivity index is 2.01. The van der Waals surface area contributed by atoms with Gasteiger partial charge in [0.1, 0.15) is 0 Å². The number of fused-ring (bicyclic) bond motifs is 5. The molecule has 1 heteroatoms. The molecule has 3 saturated carbocycles. The normalized spacial score (nSPS) is 45.0. The Morgan fingerprint density at radius 3 is 2.55 bits per heavy atom. The lowest BCUT2D eigenvalue weighted by atomic mass is 9.72. The average molecular weight is 153 g/mol. The van der Waals surface area contributed by atoms with Gasteiger partial charge in [0.05, 0.1) is 0 Å². The van der Waals surface area contributed by atoms with E-state index in [-0.39, 0.29) is 0 Å². The van der Waals surface area contributed by atoms with Gasteiger partial charge >= 0.3 is 0 Å². The largest absolute Gasteiger partial charge is 0.327 e. The van der Waals surface area contributed by atoms with E-state index in [4.69, 9.17) is 5.73 Å². The summed E-state index contributed by atoms with van der Waals surface area (Å²) in [4.78, 5) is 0. The predicted molar refractivity (Wildman–Crippen MR) is 47.3 cm³/mol. The minimum atomic E-state index is 0.550. The Morgan fingerprint density at radius 2 is 1.73 bits per heavy atom. The van der Waals surface area contributed by atoms with Gasteiger partial charge in [-0.25, -0.2) is 0 Å². The minimum Gasteiger partial charge on any atom is -0.327 e. The molecule has 11 heavy (non-hydrogen) atoms. The van der Waals surface area contributed by atoms with Crippen molar-refractivity contribution in [3.63, 3.8) is 0 Å². The van der Waals surface area contributed by atoms with Crippen molar-refractivity contribution in [2.24, 2.45) is 17.6 Å². The molecule has 3 fully saturated rings. The highest BCUT2D eigenvalue weighted by Gasteiger charge is 2.29. The van der Waals surface area contributed by atoms with Crippen LogP contribution in [0.25, 0.3) is 0 Å². The summed E-state index contributed by atoms with van der Waals surface area (Å²) in [5.41, 5.74) is 6.09. The molecular formula is C10H19N. The lowest BCUT2D eigenvalue weighted by Gasteiger charge is -2.36. The summed E-state index contributed by atoms with van der Waals surface area (Å²) < 4.78 is 0. The highest BCUT2D eigenvalue weighted by atomic mass is 14.7. The van der Waals surface area contributed by atoms with Crippen LogP contribution in [0.4, 0.5) is 0 Å². The van der Waals surface area contributed by atoms with Gasteiger partial charge in [-0.1, -0.05) is 25.7 Å². The second-order valence-corrected chi connectivity index (χ2v) is 4.39. The van der Waals surface area contributed by atoms with Gasteiger partial charge in [0.15, 0.2) is 0 Å². The molecule has 2 N–H and O–H groups in total. The molecule has 0 aromatic heterocycles. The molecule has 0 aromatic rings. The summed E-state index contributed by atoms with van der Waals surface area (Å²) in [6.45, 7) is 0. The van der Waals surface area contributed by atoms with E-state index in [2.05, 4.69) is 0 Å². The van der Waals surface area contributed by atoms with Crippen molar-refractivity contribution in [2.75, 3.05) is 0 Å². The van der Waals surface area contributed by atoms with Crippen LogP contribution in [-0.2, 0) is 0 Å². The second-order valence-electron chi connectivity index (χ2n) is 4.39. The molecule has 3 rings (SSSR count). The van der Waals surface area contributed by atoms with Crippen molar-refractivity contribution in [3.8, 4) is 0 Å². The smallest absolute Gasteiger partial charge is 0.00698 e. The van der Waals surface area contributed by atoms with E-state index >= 15 is 0 Å². The molecule has 3 aliphatic rings. The molecule has 0 aliphatic heterocycles. The van der Waals surface area contributed by atoms with Gasteiger partial charge in [-0.05, 0) is 31.1 Å². The van der Waals surface area contributed by atoms with Crippen molar-refractivity contribution in [1.82, 2.24) is 0 Å². The fourth-order valence-corrected chi connectivity index (χ4v) is 2.82. The van der Waals surface area contributed by atoms with Crippen LogP contribution in [0.2, 0.25) is 0 Å². The summed E-state index contributed by atoms with van der Waals surface area (Å²) in [6.07, 6.45) is 9.99. The summed E-state index contributed by atoms with van der Waals surface area (Å²) in [5.74, 6) is 1.87. The number of rotatable bonds is 0. The van der Waals surface area contributed by atoms with Gasteiger partial charge in [0.2, 0.25) is 0 Å². The summed E-state index contributed by atoms with van der Waals surface area (Å²) in [7, 11) is 0. The fourth-order valence-electron chi connectivity index (χ4n) is 2.82. The zero-order valence-corrected chi connectivity index (χ0v) is 7.26. The van der Waals surface area contributed by atoms with Crippen LogP contribution in [-0.4, -0.2) is 6.04 Å². The van der Waals surface area contributed by atoms with Crippen LogP contribution in [0.5, 0.6) is 0 Å². The van der Waals surface area contributed by atoms with E-state index in [1.807, 2.05) is 0 Å². The molecule has 3 unspecified atom stereocenters. The lowest BCUT2D eigenvalue weighted by molar-refractivity contribution is 0.188. The summed E-state index contributed by atoms with van der Waals surface area (Å²) in [5, 5.41) is 0. The number of nitrogens with two attached hydrogens (primary N) is 1. The average Bonchev–Trinajstić information content (AvgIpc) is 1.92. The third-order valence-electron chi connectivity index (χ3n) is 3.59. The van der Waals surface area contributed by atoms with Crippen LogP contribution >= 0.6 is 0 Å². The van der Waals surface area contributed by atoms with Crippen LogP contribution in [0.3, 0.4) is 0 Å². The Labute approximate surface area is 69.4 Å². The van der Waals surface area contributed by atoms with Crippen molar-refractivity contribution >= 4 is 0 Å². The zero-order chi connectivity index (χ0) is 7.68. The summed E-state index contributed by atoms with van der Waals surface area (Å²) in [6, 6.07) is 0.550.